The van der Waals surface area contributed by atoms with Crippen LogP contribution in [0.4, 0.5) is 9.93 Å². The van der Waals surface area contributed by atoms with Crippen LogP contribution in [0.1, 0.15) is 24.8 Å². The van der Waals surface area contributed by atoms with Crippen LogP contribution < -0.4 is 5.32 Å². The van der Waals surface area contributed by atoms with Gasteiger partial charge in [0, 0.05) is 40.2 Å². The lowest BCUT2D eigenvalue weighted by Gasteiger charge is -2.33. The smallest absolute Gasteiger partial charge is 0.319 e. The Morgan fingerprint density at radius 1 is 1.42 bits per heavy atom. The summed E-state index contributed by atoms with van der Waals surface area (Å²) < 4.78 is 5.29. The minimum atomic E-state index is -0.210. The fourth-order valence-electron chi connectivity index (χ4n) is 2.56. The third-order valence-corrected chi connectivity index (χ3v) is 4.71. The number of amides is 3. The lowest BCUT2D eigenvalue weighted by molar-refractivity contribution is -0.121. The standard InChI is InChI=1S/C15H25N5O3S/c1-4-23-9-7-12-17-18-14(24-12)16-13(21)11-6-5-8-20(10-11)15(22)19(2)3/h11H,4-10H2,1-3H3,(H,16,18,21). The Morgan fingerprint density at radius 2 is 2.21 bits per heavy atom. The summed E-state index contributed by atoms with van der Waals surface area (Å²) in [4.78, 5) is 27.7. The molecule has 0 aliphatic carbocycles. The van der Waals surface area contributed by atoms with Gasteiger partial charge in [-0.3, -0.25) is 4.79 Å². The Hall–Kier alpha value is -1.74. The van der Waals surface area contributed by atoms with Gasteiger partial charge in [-0.25, -0.2) is 4.79 Å². The van der Waals surface area contributed by atoms with Crippen LogP contribution >= 0.6 is 11.3 Å². The summed E-state index contributed by atoms with van der Waals surface area (Å²) in [6.07, 6.45) is 2.29. The first-order valence-electron chi connectivity index (χ1n) is 8.18. The van der Waals surface area contributed by atoms with Crippen LogP contribution in [0, 0.1) is 5.92 Å². The summed E-state index contributed by atoms with van der Waals surface area (Å²) in [5.41, 5.74) is 0. The molecular weight excluding hydrogens is 330 g/mol. The van der Waals surface area contributed by atoms with Crippen molar-refractivity contribution in [1.82, 2.24) is 20.0 Å². The van der Waals surface area contributed by atoms with Crippen molar-refractivity contribution in [3.63, 3.8) is 0 Å². The van der Waals surface area contributed by atoms with E-state index in [0.717, 1.165) is 17.8 Å². The van der Waals surface area contributed by atoms with Gasteiger partial charge in [0.2, 0.25) is 11.0 Å². The molecule has 0 saturated carbocycles. The number of nitrogens with zero attached hydrogens (tertiary/aromatic N) is 4. The van der Waals surface area contributed by atoms with E-state index in [4.69, 9.17) is 4.74 Å². The number of ether oxygens (including phenoxy) is 1. The van der Waals surface area contributed by atoms with E-state index in [9.17, 15) is 9.59 Å². The van der Waals surface area contributed by atoms with Gasteiger partial charge in [0.25, 0.3) is 0 Å². The Labute approximate surface area is 146 Å². The van der Waals surface area contributed by atoms with Crippen molar-refractivity contribution in [1.29, 1.82) is 0 Å². The van der Waals surface area contributed by atoms with Crippen molar-refractivity contribution in [3.8, 4) is 0 Å². The quantitative estimate of drug-likeness (QED) is 0.781. The maximum Gasteiger partial charge on any atom is 0.319 e. The number of likely N-dealkylation sites (tertiary alicyclic amines) is 1. The number of anilines is 1. The first kappa shape index (κ1) is 18.6. The zero-order valence-corrected chi connectivity index (χ0v) is 15.3. The summed E-state index contributed by atoms with van der Waals surface area (Å²) in [5, 5.41) is 12.2. The second kappa shape index (κ2) is 8.93. The normalized spacial score (nSPS) is 17.6. The molecule has 1 aromatic heterocycles. The molecule has 24 heavy (non-hydrogen) atoms. The fourth-order valence-corrected chi connectivity index (χ4v) is 3.29. The molecule has 3 amide bonds. The molecule has 2 heterocycles. The molecule has 8 nitrogen and oxygen atoms in total. The number of aromatic nitrogens is 2. The Balaban J connectivity index is 1.86. The van der Waals surface area contributed by atoms with E-state index >= 15 is 0 Å². The number of piperidine rings is 1. The second-order valence-corrected chi connectivity index (χ2v) is 6.96. The van der Waals surface area contributed by atoms with Gasteiger partial charge < -0.3 is 19.9 Å². The third kappa shape index (κ3) is 5.13. The number of hydrogen-bond acceptors (Lipinski definition) is 6. The van der Waals surface area contributed by atoms with E-state index in [2.05, 4.69) is 15.5 Å². The predicted molar refractivity (Wildman–Crippen MR) is 92.1 cm³/mol. The molecule has 1 atom stereocenters. The summed E-state index contributed by atoms with van der Waals surface area (Å²) in [6, 6.07) is -0.0541. The van der Waals surface area contributed by atoms with Crippen molar-refractivity contribution in [2.24, 2.45) is 5.92 Å². The van der Waals surface area contributed by atoms with Crippen LogP contribution in [-0.2, 0) is 16.0 Å². The van der Waals surface area contributed by atoms with Crippen LogP contribution in [-0.4, -0.2) is 72.3 Å². The van der Waals surface area contributed by atoms with Crippen molar-refractivity contribution < 1.29 is 14.3 Å². The highest BCUT2D eigenvalue weighted by Gasteiger charge is 2.29. The van der Waals surface area contributed by atoms with Crippen LogP contribution in [0.2, 0.25) is 0 Å². The molecule has 134 valence electrons. The van der Waals surface area contributed by atoms with Crippen LogP contribution in [0.3, 0.4) is 0 Å². The van der Waals surface area contributed by atoms with Gasteiger partial charge in [0.15, 0.2) is 0 Å². The van der Waals surface area contributed by atoms with E-state index < -0.39 is 0 Å². The monoisotopic (exact) mass is 355 g/mol. The number of urea groups is 1. The zero-order valence-electron chi connectivity index (χ0n) is 14.4. The minimum Gasteiger partial charge on any atom is -0.381 e. The summed E-state index contributed by atoms with van der Waals surface area (Å²) in [7, 11) is 3.44. The van der Waals surface area contributed by atoms with Gasteiger partial charge in [-0.1, -0.05) is 11.3 Å². The van der Waals surface area contributed by atoms with Crippen LogP contribution in [0.5, 0.6) is 0 Å². The minimum absolute atomic E-state index is 0.0541. The van der Waals surface area contributed by atoms with Gasteiger partial charge >= 0.3 is 6.03 Å². The van der Waals surface area contributed by atoms with Crippen LogP contribution in [0.25, 0.3) is 0 Å². The number of nitrogens with one attached hydrogen (secondary N) is 1. The highest BCUT2D eigenvalue weighted by molar-refractivity contribution is 7.15. The molecule has 1 fully saturated rings. The molecule has 0 aromatic carbocycles. The van der Waals surface area contributed by atoms with E-state index in [1.54, 1.807) is 19.0 Å². The van der Waals surface area contributed by atoms with E-state index in [1.165, 1.54) is 16.2 Å². The topological polar surface area (TPSA) is 87.7 Å². The Kier molecular flexibility index (Phi) is 6.92. The molecule has 0 spiro atoms. The first-order valence-corrected chi connectivity index (χ1v) is 9.00. The molecule has 1 saturated heterocycles. The molecule has 1 aliphatic rings. The van der Waals surface area contributed by atoms with Gasteiger partial charge in [-0.15, -0.1) is 10.2 Å². The molecule has 0 radical (unpaired) electrons. The lowest BCUT2D eigenvalue weighted by atomic mass is 9.97. The summed E-state index contributed by atoms with van der Waals surface area (Å²) >= 11 is 1.36. The molecule has 1 aliphatic heterocycles. The molecule has 1 N–H and O–H groups in total. The van der Waals surface area contributed by atoms with E-state index in [-0.39, 0.29) is 17.9 Å². The SMILES string of the molecule is CCOCCc1nnc(NC(=O)C2CCCN(C(=O)N(C)C)C2)s1. The van der Waals surface area contributed by atoms with Gasteiger partial charge in [0.1, 0.15) is 5.01 Å². The predicted octanol–water partition coefficient (Wildman–Crippen LogP) is 1.45. The number of rotatable bonds is 6. The average molecular weight is 355 g/mol. The van der Waals surface area contributed by atoms with Crippen LogP contribution in [0.15, 0.2) is 0 Å². The largest absolute Gasteiger partial charge is 0.381 e. The number of hydrogen-bond donors (Lipinski definition) is 1. The second-order valence-electron chi connectivity index (χ2n) is 5.90. The average Bonchev–Trinajstić information content (AvgIpc) is 3.01. The molecule has 9 heteroatoms. The van der Waals surface area contributed by atoms with Crippen molar-refractivity contribution in [3.05, 3.63) is 5.01 Å². The fraction of sp³-hybridized carbons (Fsp3) is 0.733. The van der Waals surface area contributed by atoms with E-state index in [1.807, 2.05) is 6.92 Å². The van der Waals surface area contributed by atoms with Gasteiger partial charge in [0.05, 0.1) is 12.5 Å². The number of carbonyl (C=O) groups is 2. The Morgan fingerprint density at radius 3 is 2.92 bits per heavy atom. The maximum absolute atomic E-state index is 12.4. The number of carbonyl (C=O) groups excluding carboxylic acids is 2. The molecule has 2 rings (SSSR count). The van der Waals surface area contributed by atoms with E-state index in [0.29, 0.717) is 37.9 Å². The Bertz CT molecular complexity index is 563. The molecule has 1 aromatic rings. The third-order valence-electron chi connectivity index (χ3n) is 3.81. The lowest BCUT2D eigenvalue weighted by Crippen LogP contribution is -2.47. The first-order chi connectivity index (χ1) is 11.5. The highest BCUT2D eigenvalue weighted by Crippen LogP contribution is 2.21. The molecular formula is C15H25N5O3S. The zero-order chi connectivity index (χ0) is 17.5. The maximum atomic E-state index is 12.4. The molecule has 0 bridgehead atoms. The molecule has 1 unspecified atom stereocenters. The van der Waals surface area contributed by atoms with Crippen molar-refractivity contribution >= 4 is 28.4 Å². The summed E-state index contributed by atoms with van der Waals surface area (Å²) in [5.74, 6) is -0.308. The highest BCUT2D eigenvalue weighted by atomic mass is 32.1. The van der Waals surface area contributed by atoms with Crippen molar-refractivity contribution in [2.45, 2.75) is 26.2 Å². The summed E-state index contributed by atoms with van der Waals surface area (Å²) in [6.45, 7) is 4.36. The van der Waals surface area contributed by atoms with Gasteiger partial charge in [-0.2, -0.15) is 0 Å². The van der Waals surface area contributed by atoms with Crippen molar-refractivity contribution in [2.75, 3.05) is 45.7 Å². The van der Waals surface area contributed by atoms with Gasteiger partial charge in [-0.05, 0) is 19.8 Å².